The molecule has 4 aromatic carbocycles. The molecule has 1 fully saturated rings. The Balaban J connectivity index is 1.43. The lowest BCUT2D eigenvalue weighted by atomic mass is 9.55. The Labute approximate surface area is 371 Å². The van der Waals surface area contributed by atoms with Crippen molar-refractivity contribution in [3.05, 3.63) is 115 Å². The maximum Gasteiger partial charge on any atom is 0.243 e. The first kappa shape index (κ1) is 46.0. The van der Waals surface area contributed by atoms with Crippen molar-refractivity contribution in [1.29, 1.82) is 0 Å². The van der Waals surface area contributed by atoms with Crippen LogP contribution in [0.1, 0.15) is 84.1 Å². The minimum atomic E-state index is -4.23. The predicted octanol–water partition coefficient (Wildman–Crippen LogP) is 9.34. The lowest BCUT2D eigenvalue weighted by Gasteiger charge is -2.59. The number of aliphatic hydroxyl groups is 2. The van der Waals surface area contributed by atoms with E-state index in [9.17, 15) is 23.4 Å². The van der Waals surface area contributed by atoms with E-state index in [1.807, 2.05) is 69.3 Å². The minimum Gasteiger partial charge on any atom is -0.460 e. The number of rotatable bonds is 18. The SMILES string of the molecule is C=CCO[C@@]12Oc3ccc(Oc4ccc5ccccc5c4)cc3[C@H]3[C@H](CCCCO)[C@@H](CCCCO)C=C(C(=NOC(C)(C)C)C[C@@H]1N(C)S(=O)(=O)c1ccc(NC(C)=O)cc1)[C@H]32. The number of benzene rings is 4. The van der Waals surface area contributed by atoms with Crippen LogP contribution in [-0.2, 0) is 24.4 Å². The minimum absolute atomic E-state index is 0.0129. The zero-order valence-corrected chi connectivity index (χ0v) is 37.8. The zero-order chi connectivity index (χ0) is 44.9. The third kappa shape index (κ3) is 9.88. The van der Waals surface area contributed by atoms with Crippen LogP contribution in [0.25, 0.3) is 10.8 Å². The summed E-state index contributed by atoms with van der Waals surface area (Å²) in [5.74, 6) is -0.869. The van der Waals surface area contributed by atoms with Crippen molar-refractivity contribution < 1.29 is 42.5 Å². The highest BCUT2D eigenvalue weighted by molar-refractivity contribution is 7.89. The third-order valence-electron chi connectivity index (χ3n) is 12.3. The number of sulfonamides is 1. The van der Waals surface area contributed by atoms with Crippen LogP contribution in [-0.4, -0.2) is 78.9 Å². The molecule has 0 unspecified atom stereocenters. The van der Waals surface area contributed by atoms with E-state index in [1.54, 1.807) is 25.3 Å². The lowest BCUT2D eigenvalue weighted by Crippen LogP contribution is -2.69. The number of fused-ring (bicyclic) bond motifs is 3. The topological polar surface area (TPSA) is 156 Å². The Bertz CT molecular complexity index is 2440. The summed E-state index contributed by atoms with van der Waals surface area (Å²) in [4.78, 5) is 18.0. The lowest BCUT2D eigenvalue weighted by molar-refractivity contribution is -0.250. The van der Waals surface area contributed by atoms with Crippen LogP contribution in [0, 0.1) is 17.8 Å². The number of nitrogens with one attached hydrogen (secondary N) is 1. The van der Waals surface area contributed by atoms with E-state index in [2.05, 4.69) is 30.1 Å². The number of nitrogens with zero attached hydrogens (tertiary/aromatic N) is 2. The average molecular weight is 880 g/mol. The van der Waals surface area contributed by atoms with Gasteiger partial charge in [-0.2, -0.15) is 4.31 Å². The van der Waals surface area contributed by atoms with Gasteiger partial charge < -0.3 is 34.6 Å². The number of oxime groups is 1. The van der Waals surface area contributed by atoms with E-state index < -0.39 is 33.4 Å². The van der Waals surface area contributed by atoms with Crippen LogP contribution in [0.4, 0.5) is 5.69 Å². The molecule has 0 aromatic heterocycles. The zero-order valence-electron chi connectivity index (χ0n) is 37.0. The molecule has 1 saturated carbocycles. The molecular weight excluding hydrogens is 819 g/mol. The summed E-state index contributed by atoms with van der Waals surface area (Å²) < 4.78 is 51.9. The van der Waals surface area contributed by atoms with Crippen LogP contribution in [0.3, 0.4) is 0 Å². The van der Waals surface area contributed by atoms with Gasteiger partial charge in [0.1, 0.15) is 22.8 Å². The van der Waals surface area contributed by atoms with Crippen molar-refractivity contribution in [2.24, 2.45) is 22.9 Å². The molecule has 0 spiro atoms. The molecule has 0 radical (unpaired) electrons. The van der Waals surface area contributed by atoms with Crippen molar-refractivity contribution in [3.8, 4) is 17.2 Å². The molecule has 1 aliphatic heterocycles. The van der Waals surface area contributed by atoms with Gasteiger partial charge in [0.05, 0.1) is 29.2 Å². The van der Waals surface area contributed by atoms with Crippen LogP contribution in [0.2, 0.25) is 0 Å². The van der Waals surface area contributed by atoms with Crippen molar-refractivity contribution in [2.75, 3.05) is 32.2 Å². The average Bonchev–Trinajstić information content (AvgIpc) is 3.25. The molecule has 0 bridgehead atoms. The first-order chi connectivity index (χ1) is 30.2. The molecule has 3 aliphatic rings. The predicted molar refractivity (Wildman–Crippen MR) is 246 cm³/mol. The monoisotopic (exact) mass is 879 g/mol. The number of hydrogen-bond donors (Lipinski definition) is 3. The van der Waals surface area contributed by atoms with Gasteiger partial charge in [-0.3, -0.25) is 4.79 Å². The quantitative estimate of drug-likeness (QED) is 0.0504. The van der Waals surface area contributed by atoms with Gasteiger partial charge >= 0.3 is 0 Å². The molecule has 336 valence electrons. The molecule has 6 atom stereocenters. The summed E-state index contributed by atoms with van der Waals surface area (Å²) in [5.41, 5.74) is 2.18. The van der Waals surface area contributed by atoms with E-state index >= 15 is 0 Å². The van der Waals surface area contributed by atoms with Crippen molar-refractivity contribution in [2.45, 2.75) is 101 Å². The third-order valence-corrected chi connectivity index (χ3v) is 14.2. The number of anilines is 1. The fourth-order valence-corrected chi connectivity index (χ4v) is 10.9. The second-order valence-electron chi connectivity index (χ2n) is 17.8. The molecular formula is C50H61N3O9S. The fraction of sp³-hybridized carbons (Fsp3) is 0.440. The van der Waals surface area contributed by atoms with Gasteiger partial charge in [-0.25, -0.2) is 8.42 Å². The molecule has 7 rings (SSSR count). The Morgan fingerprint density at radius 3 is 2.32 bits per heavy atom. The summed E-state index contributed by atoms with van der Waals surface area (Å²) in [6, 6.07) is 25.1. The number of ether oxygens (including phenoxy) is 3. The Morgan fingerprint density at radius 2 is 1.63 bits per heavy atom. The van der Waals surface area contributed by atoms with Gasteiger partial charge in [-0.1, -0.05) is 60.5 Å². The van der Waals surface area contributed by atoms with Gasteiger partial charge in [0.2, 0.25) is 21.7 Å². The van der Waals surface area contributed by atoms with E-state index in [4.69, 9.17) is 24.2 Å². The van der Waals surface area contributed by atoms with E-state index in [1.165, 1.54) is 23.4 Å². The molecule has 63 heavy (non-hydrogen) atoms. The Morgan fingerprint density at radius 1 is 0.952 bits per heavy atom. The number of amides is 1. The first-order valence-electron chi connectivity index (χ1n) is 22.0. The van der Waals surface area contributed by atoms with Crippen molar-refractivity contribution >= 4 is 38.1 Å². The van der Waals surface area contributed by atoms with Crippen LogP contribution in [0.15, 0.2) is 119 Å². The number of aliphatic hydroxyl groups excluding tert-OH is 2. The smallest absolute Gasteiger partial charge is 0.243 e. The highest BCUT2D eigenvalue weighted by Gasteiger charge is 2.65. The van der Waals surface area contributed by atoms with Gasteiger partial charge in [-0.05, 0) is 129 Å². The second kappa shape index (κ2) is 19.4. The summed E-state index contributed by atoms with van der Waals surface area (Å²) in [6.07, 6.45) is 8.38. The fourth-order valence-electron chi connectivity index (χ4n) is 9.57. The maximum atomic E-state index is 14.9. The Hall–Kier alpha value is -5.05. The number of hydrogen-bond acceptors (Lipinski definition) is 10. The highest BCUT2D eigenvalue weighted by Crippen LogP contribution is 2.62. The van der Waals surface area contributed by atoms with Crippen molar-refractivity contribution in [1.82, 2.24) is 4.31 Å². The standard InChI is InChI=1S/C50H61N3O9S/c1-7-28-59-50-46(53(6)63(57,58)40-23-19-37(20-24-40)51-33(2)56)32-44(52-62-49(3,4)5)42-30-36(16-10-12-26-54)41(17-11-13-27-55)47(48(42)50)43-31-39(22-25-45(43)61-50)60-38-21-18-34-14-8-9-15-35(34)29-38/h7-9,14-15,18-25,29-31,36,41,46-48,54-55H,1,10-13,16-17,26-28,32H2,2-6H3,(H,51,56)/t36-,41+,46-,47+,48+,50+/m0/s1. The van der Waals surface area contributed by atoms with Crippen LogP contribution in [0.5, 0.6) is 17.2 Å². The maximum absolute atomic E-state index is 14.9. The van der Waals surface area contributed by atoms with Gasteiger partial charge in [0, 0.05) is 50.8 Å². The molecule has 3 N–H and O–H groups in total. The van der Waals surface area contributed by atoms with E-state index in [0.717, 1.165) is 47.6 Å². The summed E-state index contributed by atoms with van der Waals surface area (Å²) in [5, 5.41) is 29.6. The normalized spacial score (nSPS) is 23.7. The highest BCUT2D eigenvalue weighted by atomic mass is 32.2. The summed E-state index contributed by atoms with van der Waals surface area (Å²) in [6.45, 7) is 11.3. The number of carbonyl (C=O) groups excluding carboxylic acids is 1. The molecule has 1 heterocycles. The molecule has 1 amide bonds. The van der Waals surface area contributed by atoms with Gasteiger partial charge in [0.25, 0.3) is 0 Å². The molecule has 0 saturated heterocycles. The number of unbranched alkanes of at least 4 members (excludes halogenated alkanes) is 2. The van der Waals surface area contributed by atoms with Crippen LogP contribution < -0.4 is 14.8 Å². The molecule has 4 aromatic rings. The Kier molecular flexibility index (Phi) is 14.1. The second-order valence-corrected chi connectivity index (χ2v) is 19.8. The molecule has 13 heteroatoms. The number of carbonyl (C=O) groups is 1. The van der Waals surface area contributed by atoms with E-state index in [0.29, 0.717) is 41.5 Å². The van der Waals surface area contributed by atoms with Crippen LogP contribution >= 0.6 is 0 Å². The summed E-state index contributed by atoms with van der Waals surface area (Å²) >= 11 is 0. The molecule has 12 nitrogen and oxygen atoms in total. The number of allylic oxidation sites excluding steroid dienone is 1. The van der Waals surface area contributed by atoms with Crippen molar-refractivity contribution in [3.63, 3.8) is 0 Å². The number of likely N-dealkylation sites (N-methyl/N-ethyl adjacent to an activating group) is 1. The summed E-state index contributed by atoms with van der Waals surface area (Å²) in [7, 11) is -2.68. The van der Waals surface area contributed by atoms with E-state index in [-0.39, 0.29) is 54.8 Å². The van der Waals surface area contributed by atoms with Gasteiger partial charge in [0.15, 0.2) is 0 Å². The first-order valence-corrected chi connectivity index (χ1v) is 23.4. The van der Waals surface area contributed by atoms with Gasteiger partial charge in [-0.15, -0.1) is 6.58 Å². The largest absolute Gasteiger partial charge is 0.460 e. The molecule has 2 aliphatic carbocycles.